The van der Waals surface area contributed by atoms with E-state index in [-0.39, 0.29) is 0 Å². The highest BCUT2D eigenvalue weighted by Gasteiger charge is 2.18. The minimum Gasteiger partial charge on any atom is -0.254 e. The molecule has 156 valence electrons. The van der Waals surface area contributed by atoms with Crippen molar-refractivity contribution in [3.63, 3.8) is 0 Å². The zero-order valence-corrected chi connectivity index (χ0v) is 18.4. The van der Waals surface area contributed by atoms with Gasteiger partial charge in [0.1, 0.15) is 0 Å². The van der Waals surface area contributed by atoms with Gasteiger partial charge < -0.3 is 0 Å². The molecule has 0 saturated carbocycles. The Labute approximate surface area is 193 Å². The molecule has 0 radical (unpaired) electrons. The predicted octanol–water partition coefficient (Wildman–Crippen LogP) is 8.09. The molecule has 33 heavy (non-hydrogen) atoms. The van der Waals surface area contributed by atoms with Crippen LogP contribution >= 0.6 is 0 Å². The predicted molar refractivity (Wildman–Crippen MR) is 138 cm³/mol. The number of benzene rings is 4. The molecule has 2 aromatic heterocycles. The molecule has 0 aliphatic carbocycles. The number of fused-ring (bicyclic) bond motifs is 3. The highest BCUT2D eigenvalue weighted by atomic mass is 14.8. The third-order valence-electron chi connectivity index (χ3n) is 6.30. The molecule has 0 aliphatic rings. The number of hydrogen-bond acceptors (Lipinski definition) is 2. The molecule has 0 bridgehead atoms. The Kier molecular flexibility index (Phi) is 4.70. The monoisotopic (exact) mass is 422 g/mol. The summed E-state index contributed by atoms with van der Waals surface area (Å²) in [6, 6.07) is 38.0. The van der Waals surface area contributed by atoms with Crippen molar-refractivity contribution in [3.8, 4) is 33.5 Å². The zero-order valence-electron chi connectivity index (χ0n) is 18.4. The Morgan fingerprint density at radius 2 is 1.09 bits per heavy atom. The van der Waals surface area contributed by atoms with Crippen LogP contribution in [-0.2, 0) is 0 Å². The van der Waals surface area contributed by atoms with Gasteiger partial charge in [0, 0.05) is 22.5 Å². The highest BCUT2D eigenvalue weighted by molar-refractivity contribution is 6.13. The van der Waals surface area contributed by atoms with E-state index in [1.54, 1.807) is 0 Å². The maximum absolute atomic E-state index is 5.23. The Morgan fingerprint density at radius 3 is 1.76 bits per heavy atom. The summed E-state index contributed by atoms with van der Waals surface area (Å²) in [5, 5.41) is 2.24. The van der Waals surface area contributed by atoms with Crippen LogP contribution in [-0.4, -0.2) is 9.97 Å². The first-order chi connectivity index (χ1) is 16.3. The van der Waals surface area contributed by atoms with Gasteiger partial charge in [0.2, 0.25) is 0 Å². The van der Waals surface area contributed by atoms with Crippen molar-refractivity contribution < 1.29 is 0 Å². The van der Waals surface area contributed by atoms with E-state index in [1.807, 2.05) is 18.3 Å². The molecule has 0 unspecified atom stereocenters. The van der Waals surface area contributed by atoms with Crippen LogP contribution in [0.1, 0.15) is 5.56 Å². The molecular formula is C31H22N2. The lowest BCUT2D eigenvalue weighted by atomic mass is 9.91. The molecular weight excluding hydrogens is 400 g/mol. The molecule has 2 heterocycles. The van der Waals surface area contributed by atoms with Gasteiger partial charge >= 0.3 is 0 Å². The van der Waals surface area contributed by atoms with Crippen LogP contribution in [0.25, 0.3) is 55.3 Å². The standard InChI is InChI=1S/C31H22N2/c1-21-28(23-13-7-3-8-14-23)27-18-17-26-25(22-11-5-2-6-12-22)19-20-32-30(26)31(27)33-29(21)24-15-9-4-10-16-24/h2-20H,1H3. The first-order valence-corrected chi connectivity index (χ1v) is 11.2. The molecule has 6 aromatic rings. The van der Waals surface area contributed by atoms with Gasteiger partial charge in [-0.2, -0.15) is 0 Å². The summed E-state index contributed by atoms with van der Waals surface area (Å²) in [6.45, 7) is 2.18. The van der Waals surface area contributed by atoms with Crippen molar-refractivity contribution in [2.24, 2.45) is 0 Å². The van der Waals surface area contributed by atoms with Crippen molar-refractivity contribution in [2.45, 2.75) is 6.92 Å². The summed E-state index contributed by atoms with van der Waals surface area (Å²) >= 11 is 0. The van der Waals surface area contributed by atoms with Crippen molar-refractivity contribution in [3.05, 3.63) is 121 Å². The fourth-order valence-corrected chi connectivity index (χ4v) is 4.76. The molecule has 0 spiro atoms. The van der Waals surface area contributed by atoms with Crippen molar-refractivity contribution >= 4 is 21.8 Å². The molecule has 0 amide bonds. The summed E-state index contributed by atoms with van der Waals surface area (Å²) < 4.78 is 0. The molecule has 2 nitrogen and oxygen atoms in total. The number of nitrogens with zero attached hydrogens (tertiary/aromatic N) is 2. The Balaban J connectivity index is 1.75. The minimum absolute atomic E-state index is 0.934. The largest absolute Gasteiger partial charge is 0.254 e. The number of pyridine rings is 2. The van der Waals surface area contributed by atoms with Crippen LogP contribution in [0, 0.1) is 6.92 Å². The van der Waals surface area contributed by atoms with Gasteiger partial charge in [-0.15, -0.1) is 0 Å². The van der Waals surface area contributed by atoms with Gasteiger partial charge in [-0.25, -0.2) is 4.98 Å². The smallest absolute Gasteiger partial charge is 0.0978 e. The third kappa shape index (κ3) is 3.28. The fourth-order valence-electron chi connectivity index (χ4n) is 4.76. The number of rotatable bonds is 3. The van der Waals surface area contributed by atoms with Gasteiger partial charge in [-0.3, -0.25) is 4.98 Å². The van der Waals surface area contributed by atoms with E-state index in [9.17, 15) is 0 Å². The lowest BCUT2D eigenvalue weighted by Crippen LogP contribution is -1.97. The quantitative estimate of drug-likeness (QED) is 0.269. The van der Waals surface area contributed by atoms with E-state index in [2.05, 4.69) is 104 Å². The first kappa shape index (κ1) is 19.4. The van der Waals surface area contributed by atoms with Crippen molar-refractivity contribution in [1.82, 2.24) is 9.97 Å². The maximum Gasteiger partial charge on any atom is 0.0978 e. The average molecular weight is 423 g/mol. The van der Waals surface area contributed by atoms with Gasteiger partial charge in [-0.05, 0) is 40.8 Å². The van der Waals surface area contributed by atoms with Gasteiger partial charge in [0.15, 0.2) is 0 Å². The second-order valence-corrected chi connectivity index (χ2v) is 8.27. The minimum atomic E-state index is 0.934. The lowest BCUT2D eigenvalue weighted by molar-refractivity contribution is 1.32. The SMILES string of the molecule is Cc1c(-c2ccccc2)nc2c(ccc3c(-c4ccccc4)ccnc32)c1-c1ccccc1. The van der Waals surface area contributed by atoms with Gasteiger partial charge in [-0.1, -0.05) is 103 Å². The van der Waals surface area contributed by atoms with Crippen LogP contribution in [0.3, 0.4) is 0 Å². The Bertz CT molecular complexity index is 1590. The van der Waals surface area contributed by atoms with E-state index in [4.69, 9.17) is 9.97 Å². The second kappa shape index (κ2) is 7.99. The highest BCUT2D eigenvalue weighted by Crippen LogP contribution is 2.39. The first-order valence-electron chi connectivity index (χ1n) is 11.2. The summed E-state index contributed by atoms with van der Waals surface area (Å²) in [5.74, 6) is 0. The normalized spacial score (nSPS) is 11.2. The zero-order chi connectivity index (χ0) is 22.2. The van der Waals surface area contributed by atoms with Crippen LogP contribution in [0.4, 0.5) is 0 Å². The van der Waals surface area contributed by atoms with Gasteiger partial charge in [0.25, 0.3) is 0 Å². The van der Waals surface area contributed by atoms with E-state index >= 15 is 0 Å². The molecule has 4 aromatic carbocycles. The fraction of sp³-hybridized carbons (Fsp3) is 0.0323. The molecule has 0 N–H and O–H groups in total. The van der Waals surface area contributed by atoms with E-state index in [0.717, 1.165) is 33.1 Å². The summed E-state index contributed by atoms with van der Waals surface area (Å²) in [7, 11) is 0. The number of aromatic nitrogens is 2. The molecule has 0 aliphatic heterocycles. The second-order valence-electron chi connectivity index (χ2n) is 8.27. The Morgan fingerprint density at radius 1 is 0.515 bits per heavy atom. The molecule has 6 rings (SSSR count). The van der Waals surface area contributed by atoms with Crippen LogP contribution in [0.5, 0.6) is 0 Å². The third-order valence-corrected chi connectivity index (χ3v) is 6.30. The van der Waals surface area contributed by atoms with Crippen LogP contribution in [0.15, 0.2) is 115 Å². The summed E-state index contributed by atoms with van der Waals surface area (Å²) in [4.78, 5) is 10.1. The van der Waals surface area contributed by atoms with Crippen LogP contribution < -0.4 is 0 Å². The molecule has 0 saturated heterocycles. The summed E-state index contributed by atoms with van der Waals surface area (Å²) in [6.07, 6.45) is 1.90. The van der Waals surface area contributed by atoms with E-state index < -0.39 is 0 Å². The van der Waals surface area contributed by atoms with Crippen molar-refractivity contribution in [1.29, 1.82) is 0 Å². The maximum atomic E-state index is 5.23. The topological polar surface area (TPSA) is 25.8 Å². The van der Waals surface area contributed by atoms with E-state index in [0.29, 0.717) is 0 Å². The molecule has 0 fully saturated rings. The molecule has 0 atom stereocenters. The average Bonchev–Trinajstić information content (AvgIpc) is 2.89. The molecule has 2 heteroatoms. The van der Waals surface area contributed by atoms with Crippen LogP contribution in [0.2, 0.25) is 0 Å². The van der Waals surface area contributed by atoms with Gasteiger partial charge in [0.05, 0.1) is 16.7 Å². The van der Waals surface area contributed by atoms with E-state index in [1.165, 1.54) is 27.8 Å². The Hall–Kier alpha value is -4.30. The lowest BCUT2D eigenvalue weighted by Gasteiger charge is -2.17. The number of hydrogen-bond donors (Lipinski definition) is 0. The van der Waals surface area contributed by atoms with Crippen molar-refractivity contribution in [2.75, 3.05) is 0 Å². The summed E-state index contributed by atoms with van der Waals surface area (Å²) in [5.41, 5.74) is 9.93.